The molecule has 1 amide bonds. The fraction of sp³-hybridized carbons (Fsp3) is 0.438. The van der Waals surface area contributed by atoms with Gasteiger partial charge in [-0.1, -0.05) is 55.9 Å². The van der Waals surface area contributed by atoms with Gasteiger partial charge in [-0.2, -0.15) is 0 Å². The summed E-state index contributed by atoms with van der Waals surface area (Å²) in [6.45, 7) is 8.56. The Kier molecular flexibility index (Phi) is 4.25. The van der Waals surface area contributed by atoms with Crippen molar-refractivity contribution in [2.45, 2.75) is 39.3 Å². The van der Waals surface area contributed by atoms with Gasteiger partial charge in [0.1, 0.15) is 8.96 Å². The zero-order chi connectivity index (χ0) is 14.0. The molecular weight excluding hydrogens is 250 g/mol. The van der Waals surface area contributed by atoms with Gasteiger partial charge in [-0.15, -0.1) is 0 Å². The average Bonchev–Trinajstić information content (AvgIpc) is 2.66. The van der Waals surface area contributed by atoms with Gasteiger partial charge in [-0.25, -0.2) is 0 Å². The highest BCUT2D eigenvalue weighted by atomic mass is 28.3. The number of amides is 1. The van der Waals surface area contributed by atoms with Crippen LogP contribution in [-0.4, -0.2) is 14.9 Å². The predicted molar refractivity (Wildman–Crippen MR) is 83.6 cm³/mol. The molecule has 1 aromatic rings. The second kappa shape index (κ2) is 5.74. The fourth-order valence-corrected chi connectivity index (χ4v) is 3.79. The molecule has 3 heteroatoms. The van der Waals surface area contributed by atoms with Gasteiger partial charge in [0.2, 0.25) is 5.91 Å². The van der Waals surface area contributed by atoms with Crippen molar-refractivity contribution in [3.05, 3.63) is 41.0 Å². The highest BCUT2D eigenvalue weighted by Crippen LogP contribution is 2.42. The van der Waals surface area contributed by atoms with Crippen LogP contribution in [0.4, 0.5) is 0 Å². The first-order valence-corrected chi connectivity index (χ1v) is 10.0. The third-order valence-electron chi connectivity index (χ3n) is 3.81. The molecule has 2 atom stereocenters. The van der Waals surface area contributed by atoms with E-state index in [1.807, 2.05) is 0 Å². The SMILES string of the molecule is CCC(C(=O)N[SiH](C)C)C1C(C)=Cc2ccccc21. The lowest BCUT2D eigenvalue weighted by Crippen LogP contribution is -2.40. The molecule has 0 fully saturated rings. The zero-order valence-corrected chi connectivity index (χ0v) is 13.4. The summed E-state index contributed by atoms with van der Waals surface area (Å²) in [6, 6.07) is 8.43. The molecular formula is C16H23NOSi. The highest BCUT2D eigenvalue weighted by molar-refractivity contribution is 6.56. The Hall–Kier alpha value is -1.35. The molecule has 19 heavy (non-hydrogen) atoms. The minimum absolute atomic E-state index is 0.0646. The summed E-state index contributed by atoms with van der Waals surface area (Å²) in [6.07, 6.45) is 3.11. The van der Waals surface area contributed by atoms with E-state index < -0.39 is 8.96 Å². The minimum Gasteiger partial charge on any atom is -0.385 e. The van der Waals surface area contributed by atoms with E-state index in [1.54, 1.807) is 0 Å². The molecule has 0 aromatic heterocycles. The van der Waals surface area contributed by atoms with E-state index in [0.29, 0.717) is 0 Å². The van der Waals surface area contributed by atoms with Crippen molar-refractivity contribution in [2.75, 3.05) is 0 Å². The standard InChI is InChI=1S/C16H23NOSi/c1-5-13(16(18)17-19(3)4)15-11(2)10-12-8-6-7-9-14(12)15/h6-10,13,15,19H,5H2,1-4H3,(H,17,18). The van der Waals surface area contributed by atoms with Crippen LogP contribution in [0.5, 0.6) is 0 Å². The highest BCUT2D eigenvalue weighted by Gasteiger charge is 2.33. The van der Waals surface area contributed by atoms with Crippen LogP contribution in [0.25, 0.3) is 6.08 Å². The van der Waals surface area contributed by atoms with Crippen molar-refractivity contribution in [3.63, 3.8) is 0 Å². The molecule has 2 unspecified atom stereocenters. The normalized spacial score (nSPS) is 19.0. The van der Waals surface area contributed by atoms with E-state index in [2.05, 4.69) is 62.3 Å². The van der Waals surface area contributed by atoms with Gasteiger partial charge in [0.05, 0.1) is 0 Å². The van der Waals surface area contributed by atoms with Gasteiger partial charge in [0.25, 0.3) is 0 Å². The quantitative estimate of drug-likeness (QED) is 0.838. The second-order valence-electron chi connectivity index (χ2n) is 5.67. The van der Waals surface area contributed by atoms with Gasteiger partial charge < -0.3 is 4.98 Å². The van der Waals surface area contributed by atoms with Crippen molar-refractivity contribution >= 4 is 20.9 Å². The molecule has 0 spiro atoms. The average molecular weight is 273 g/mol. The Morgan fingerprint density at radius 3 is 2.68 bits per heavy atom. The van der Waals surface area contributed by atoms with Gasteiger partial charge in [0.15, 0.2) is 0 Å². The van der Waals surface area contributed by atoms with Crippen LogP contribution in [0.15, 0.2) is 29.8 Å². The molecule has 1 aliphatic carbocycles. The largest absolute Gasteiger partial charge is 0.385 e. The molecule has 0 aliphatic heterocycles. The molecule has 0 saturated heterocycles. The number of hydrogen-bond donors (Lipinski definition) is 1. The molecule has 102 valence electrons. The number of fused-ring (bicyclic) bond motifs is 1. The third-order valence-corrected chi connectivity index (χ3v) is 4.68. The monoisotopic (exact) mass is 273 g/mol. The zero-order valence-electron chi connectivity index (χ0n) is 12.2. The second-order valence-corrected chi connectivity index (χ2v) is 8.27. The number of carbonyl (C=O) groups excluding carboxylic acids is 1. The Labute approximate surface area is 117 Å². The first-order valence-electron chi connectivity index (χ1n) is 7.12. The van der Waals surface area contributed by atoms with Crippen LogP contribution >= 0.6 is 0 Å². The van der Waals surface area contributed by atoms with Crippen molar-refractivity contribution in [1.82, 2.24) is 4.98 Å². The number of hydrogen-bond acceptors (Lipinski definition) is 1. The van der Waals surface area contributed by atoms with E-state index in [1.165, 1.54) is 16.7 Å². The van der Waals surface area contributed by atoms with Crippen LogP contribution < -0.4 is 4.98 Å². The molecule has 1 N–H and O–H groups in total. The smallest absolute Gasteiger partial charge is 0.216 e. The van der Waals surface area contributed by atoms with Crippen LogP contribution in [0.2, 0.25) is 13.1 Å². The Morgan fingerprint density at radius 1 is 1.37 bits per heavy atom. The van der Waals surface area contributed by atoms with Gasteiger partial charge in [-0.3, -0.25) is 4.79 Å². The van der Waals surface area contributed by atoms with Gasteiger partial charge >= 0.3 is 0 Å². The molecule has 1 aliphatic rings. The summed E-state index contributed by atoms with van der Waals surface area (Å²) in [5.74, 6) is 0.558. The molecule has 0 saturated carbocycles. The summed E-state index contributed by atoms with van der Waals surface area (Å²) in [5, 5.41) is 0. The minimum atomic E-state index is -1.07. The van der Waals surface area contributed by atoms with Crippen molar-refractivity contribution in [2.24, 2.45) is 5.92 Å². The van der Waals surface area contributed by atoms with Crippen molar-refractivity contribution < 1.29 is 4.79 Å². The Morgan fingerprint density at radius 2 is 2.05 bits per heavy atom. The van der Waals surface area contributed by atoms with E-state index in [9.17, 15) is 4.79 Å². The van der Waals surface area contributed by atoms with Crippen LogP contribution in [0.3, 0.4) is 0 Å². The Bertz CT molecular complexity index is 507. The number of carbonyl (C=O) groups is 1. The summed E-state index contributed by atoms with van der Waals surface area (Å²) in [4.78, 5) is 15.6. The molecule has 0 heterocycles. The maximum atomic E-state index is 12.4. The lowest BCUT2D eigenvalue weighted by Gasteiger charge is -2.25. The maximum absolute atomic E-state index is 12.4. The summed E-state index contributed by atoms with van der Waals surface area (Å²) in [5.41, 5.74) is 3.90. The van der Waals surface area contributed by atoms with Crippen LogP contribution in [0, 0.1) is 5.92 Å². The molecule has 2 rings (SSSR count). The predicted octanol–water partition coefficient (Wildman–Crippen LogP) is 3.31. The summed E-state index contributed by atoms with van der Waals surface area (Å²) < 4.78 is 0. The van der Waals surface area contributed by atoms with E-state index >= 15 is 0 Å². The van der Waals surface area contributed by atoms with E-state index in [-0.39, 0.29) is 17.7 Å². The number of nitrogens with one attached hydrogen (secondary N) is 1. The first-order chi connectivity index (χ1) is 9.04. The molecule has 1 aromatic carbocycles. The van der Waals surface area contributed by atoms with E-state index in [0.717, 1.165) is 6.42 Å². The van der Waals surface area contributed by atoms with Crippen molar-refractivity contribution in [3.8, 4) is 0 Å². The van der Waals surface area contributed by atoms with Gasteiger partial charge in [-0.05, 0) is 24.5 Å². The maximum Gasteiger partial charge on any atom is 0.216 e. The molecule has 0 bridgehead atoms. The van der Waals surface area contributed by atoms with Crippen molar-refractivity contribution in [1.29, 1.82) is 0 Å². The third kappa shape index (κ3) is 2.81. The summed E-state index contributed by atoms with van der Waals surface area (Å²) in [7, 11) is -1.07. The molecule has 0 radical (unpaired) electrons. The molecule has 2 nitrogen and oxygen atoms in total. The van der Waals surface area contributed by atoms with Crippen LogP contribution in [0.1, 0.15) is 37.3 Å². The Balaban J connectivity index is 2.29. The lowest BCUT2D eigenvalue weighted by molar-refractivity contribution is -0.123. The topological polar surface area (TPSA) is 29.1 Å². The number of allylic oxidation sites excluding steroid dienone is 1. The number of benzene rings is 1. The van der Waals surface area contributed by atoms with Gasteiger partial charge in [0, 0.05) is 11.8 Å². The summed E-state index contributed by atoms with van der Waals surface area (Å²) >= 11 is 0. The van der Waals surface area contributed by atoms with E-state index in [4.69, 9.17) is 0 Å². The van der Waals surface area contributed by atoms with Crippen LogP contribution in [-0.2, 0) is 4.79 Å². The fourth-order valence-electron chi connectivity index (χ4n) is 3.00. The number of rotatable bonds is 4. The first kappa shape index (κ1) is 14.1. The lowest BCUT2D eigenvalue weighted by atomic mass is 9.82.